The Morgan fingerprint density at radius 3 is 2.35 bits per heavy atom. The highest BCUT2D eigenvalue weighted by molar-refractivity contribution is 7.15. The van der Waals surface area contributed by atoms with E-state index in [0.717, 1.165) is 33.5 Å². The van der Waals surface area contributed by atoms with Crippen molar-refractivity contribution in [1.29, 1.82) is 0 Å². The smallest absolute Gasteiger partial charge is 0.267 e. The minimum Gasteiger partial charge on any atom is -0.267 e. The molecule has 0 saturated heterocycles. The van der Waals surface area contributed by atoms with Crippen molar-refractivity contribution in [3.05, 3.63) is 112 Å². The van der Waals surface area contributed by atoms with Crippen molar-refractivity contribution < 1.29 is 0 Å². The predicted molar refractivity (Wildman–Crippen MR) is 125 cm³/mol. The third-order valence-corrected chi connectivity index (χ3v) is 6.23. The molecule has 31 heavy (non-hydrogen) atoms. The highest BCUT2D eigenvalue weighted by atomic mass is 32.1. The van der Waals surface area contributed by atoms with Crippen molar-refractivity contribution in [2.45, 2.75) is 0 Å². The fraction of sp³-hybridized carbons (Fsp3) is 0. The highest BCUT2D eigenvalue weighted by Gasteiger charge is 2.14. The van der Waals surface area contributed by atoms with Crippen molar-refractivity contribution in [3.8, 4) is 16.8 Å². The largest absolute Gasteiger partial charge is 0.275 e. The Morgan fingerprint density at radius 1 is 0.839 bits per heavy atom. The molecule has 0 aliphatic rings. The second-order valence-corrected chi connectivity index (χ2v) is 8.22. The van der Waals surface area contributed by atoms with Gasteiger partial charge in [0.15, 0.2) is 4.96 Å². The first-order valence-corrected chi connectivity index (χ1v) is 10.7. The van der Waals surface area contributed by atoms with Crippen LogP contribution in [0.4, 0.5) is 0 Å². The van der Waals surface area contributed by atoms with Gasteiger partial charge in [-0.05, 0) is 35.9 Å². The molecule has 5 nitrogen and oxygen atoms in total. The van der Waals surface area contributed by atoms with E-state index in [-0.39, 0.29) is 5.56 Å². The van der Waals surface area contributed by atoms with E-state index in [1.165, 1.54) is 11.3 Å². The molecule has 0 bridgehead atoms. The normalized spacial score (nSPS) is 12.2. The van der Waals surface area contributed by atoms with Gasteiger partial charge in [0, 0.05) is 11.8 Å². The minimum atomic E-state index is -0.0676. The summed E-state index contributed by atoms with van der Waals surface area (Å²) in [5.41, 5.74) is 5.33. The summed E-state index contributed by atoms with van der Waals surface area (Å²) in [7, 11) is 0. The van der Waals surface area contributed by atoms with Crippen LogP contribution in [0.1, 0.15) is 5.69 Å². The molecule has 0 spiro atoms. The number of nitrogens with zero attached hydrogens (tertiary/aromatic N) is 4. The van der Waals surface area contributed by atoms with E-state index < -0.39 is 0 Å². The van der Waals surface area contributed by atoms with E-state index in [2.05, 4.69) is 17.1 Å². The Morgan fingerprint density at radius 2 is 1.55 bits per heavy atom. The summed E-state index contributed by atoms with van der Waals surface area (Å²) in [6.07, 6.45) is 3.88. The maximum absolute atomic E-state index is 13.2. The maximum atomic E-state index is 13.2. The molecule has 0 N–H and O–H groups in total. The molecule has 0 saturated carbocycles. The third-order valence-electron chi connectivity index (χ3n) is 5.26. The Balaban J connectivity index is 1.59. The second kappa shape index (κ2) is 7.04. The number of para-hydroxylation sites is 3. The van der Waals surface area contributed by atoms with Crippen LogP contribution in [-0.4, -0.2) is 19.2 Å². The first-order valence-electron chi connectivity index (χ1n) is 9.90. The molecule has 6 rings (SSSR count). The lowest BCUT2D eigenvalue weighted by molar-refractivity contribution is 0.875. The lowest BCUT2D eigenvalue weighted by Crippen LogP contribution is -2.22. The topological polar surface area (TPSA) is 52.2 Å². The van der Waals surface area contributed by atoms with E-state index in [0.29, 0.717) is 9.49 Å². The monoisotopic (exact) mass is 420 g/mol. The number of thiazole rings is 1. The fourth-order valence-electron chi connectivity index (χ4n) is 3.78. The average molecular weight is 420 g/mol. The van der Waals surface area contributed by atoms with E-state index in [1.54, 1.807) is 4.40 Å². The molecule has 3 aromatic carbocycles. The number of rotatable bonds is 3. The maximum Gasteiger partial charge on any atom is 0.275 e. The first kappa shape index (κ1) is 17.8. The van der Waals surface area contributed by atoms with Crippen molar-refractivity contribution in [2.75, 3.05) is 0 Å². The van der Waals surface area contributed by atoms with Gasteiger partial charge in [0.25, 0.3) is 5.56 Å². The van der Waals surface area contributed by atoms with Crippen LogP contribution in [0.5, 0.6) is 0 Å². The summed E-state index contributed by atoms with van der Waals surface area (Å²) in [6, 6.07) is 27.8. The van der Waals surface area contributed by atoms with E-state index in [9.17, 15) is 4.79 Å². The summed E-state index contributed by atoms with van der Waals surface area (Å²) in [5.74, 6) is 0. The Bertz CT molecular complexity index is 1650. The van der Waals surface area contributed by atoms with Gasteiger partial charge in [-0.1, -0.05) is 72.0 Å². The zero-order valence-corrected chi connectivity index (χ0v) is 17.2. The van der Waals surface area contributed by atoms with Crippen LogP contribution in [0.15, 0.2) is 95.9 Å². The molecular formula is C25H16N4OS. The number of fused-ring (bicyclic) bond motifs is 3. The number of benzene rings is 3. The van der Waals surface area contributed by atoms with Gasteiger partial charge in [-0.2, -0.15) is 5.10 Å². The van der Waals surface area contributed by atoms with Crippen molar-refractivity contribution in [3.63, 3.8) is 0 Å². The molecule has 0 fully saturated rings. The summed E-state index contributed by atoms with van der Waals surface area (Å²) in [5, 5.41) is 4.81. The standard InChI is InChI=1S/C25H16N4OS/c30-24-23(31-25-26-20-13-7-8-14-22(20)29(24)25)15-21-19(17-9-3-1-4-10-17)16-28(27-21)18-11-5-2-6-12-18/h1-16H/b23-15+. The van der Waals surface area contributed by atoms with Gasteiger partial charge in [-0.25, -0.2) is 14.1 Å². The highest BCUT2D eigenvalue weighted by Crippen LogP contribution is 2.25. The average Bonchev–Trinajstić information content (AvgIpc) is 3.48. The SMILES string of the molecule is O=c1/c(=C\c2nn(-c3ccccc3)cc2-c2ccccc2)sc2nc3ccccc3n12. The molecule has 6 heteroatoms. The van der Waals surface area contributed by atoms with Crippen molar-refractivity contribution in [1.82, 2.24) is 19.2 Å². The molecule has 0 aliphatic heterocycles. The van der Waals surface area contributed by atoms with Gasteiger partial charge in [0.1, 0.15) is 0 Å². The van der Waals surface area contributed by atoms with Gasteiger partial charge in [0.2, 0.25) is 0 Å². The summed E-state index contributed by atoms with van der Waals surface area (Å²) >= 11 is 1.39. The third kappa shape index (κ3) is 2.96. The first-order chi connectivity index (χ1) is 15.3. The van der Waals surface area contributed by atoms with Crippen LogP contribution >= 0.6 is 11.3 Å². The van der Waals surface area contributed by atoms with Gasteiger partial charge in [-0.15, -0.1) is 0 Å². The Labute approximate surface area is 181 Å². The lowest BCUT2D eigenvalue weighted by atomic mass is 10.1. The number of hydrogen-bond acceptors (Lipinski definition) is 4. The zero-order chi connectivity index (χ0) is 20.8. The molecule has 3 aromatic heterocycles. The van der Waals surface area contributed by atoms with Crippen LogP contribution in [0.3, 0.4) is 0 Å². The Kier molecular flexibility index (Phi) is 4.04. The minimum absolute atomic E-state index is 0.0676. The molecule has 3 heterocycles. The summed E-state index contributed by atoms with van der Waals surface area (Å²) in [4.78, 5) is 18.5. The number of imidazole rings is 1. The van der Waals surface area contributed by atoms with E-state index in [1.807, 2.05) is 89.8 Å². The number of hydrogen-bond donors (Lipinski definition) is 0. The van der Waals surface area contributed by atoms with Gasteiger partial charge in [0.05, 0.1) is 26.9 Å². The lowest BCUT2D eigenvalue weighted by Gasteiger charge is -1.99. The summed E-state index contributed by atoms with van der Waals surface area (Å²) < 4.78 is 4.15. The van der Waals surface area contributed by atoms with Gasteiger partial charge < -0.3 is 0 Å². The van der Waals surface area contributed by atoms with Crippen LogP contribution in [0.25, 0.3) is 38.9 Å². The second-order valence-electron chi connectivity index (χ2n) is 7.21. The van der Waals surface area contributed by atoms with Crippen molar-refractivity contribution >= 4 is 33.4 Å². The zero-order valence-electron chi connectivity index (χ0n) is 16.3. The van der Waals surface area contributed by atoms with E-state index in [4.69, 9.17) is 5.10 Å². The quantitative estimate of drug-likeness (QED) is 0.429. The number of aromatic nitrogens is 4. The Hall–Kier alpha value is -4.03. The van der Waals surface area contributed by atoms with Gasteiger partial charge >= 0.3 is 0 Å². The van der Waals surface area contributed by atoms with Crippen molar-refractivity contribution in [2.24, 2.45) is 0 Å². The molecule has 0 amide bonds. The molecule has 6 aromatic rings. The molecule has 0 unspecified atom stereocenters. The summed E-state index contributed by atoms with van der Waals surface area (Å²) in [6.45, 7) is 0. The predicted octanol–water partition coefficient (Wildman–Crippen LogP) is 4.31. The molecular weight excluding hydrogens is 404 g/mol. The van der Waals surface area contributed by atoms with Gasteiger partial charge in [-0.3, -0.25) is 4.79 Å². The van der Waals surface area contributed by atoms with Crippen LogP contribution < -0.4 is 10.1 Å². The van der Waals surface area contributed by atoms with E-state index >= 15 is 0 Å². The fourth-order valence-corrected chi connectivity index (χ4v) is 4.75. The van der Waals surface area contributed by atoms with Crippen LogP contribution in [0, 0.1) is 0 Å². The molecule has 0 atom stereocenters. The van der Waals surface area contributed by atoms with Crippen LogP contribution in [-0.2, 0) is 0 Å². The molecule has 148 valence electrons. The molecule has 0 aliphatic carbocycles. The molecule has 0 radical (unpaired) electrons. The van der Waals surface area contributed by atoms with Crippen LogP contribution in [0.2, 0.25) is 0 Å².